The van der Waals surface area contributed by atoms with Gasteiger partial charge in [0.1, 0.15) is 10.2 Å². The van der Waals surface area contributed by atoms with Gasteiger partial charge in [0, 0.05) is 33.6 Å². The Morgan fingerprint density at radius 3 is 2.23 bits per heavy atom. The Bertz CT molecular complexity index is 1260. The van der Waals surface area contributed by atoms with E-state index in [0.717, 1.165) is 5.56 Å². The first-order valence-electron chi connectivity index (χ1n) is 10.8. The fourth-order valence-electron chi connectivity index (χ4n) is 4.10. The highest BCUT2D eigenvalue weighted by molar-refractivity contribution is 6.53. The summed E-state index contributed by atoms with van der Waals surface area (Å²) in [6, 6.07) is 15.8. The van der Waals surface area contributed by atoms with Crippen molar-refractivity contribution in [3.63, 3.8) is 0 Å². The van der Waals surface area contributed by atoms with Crippen molar-refractivity contribution < 1.29 is 14.0 Å². The molecule has 4 rings (SSSR count). The van der Waals surface area contributed by atoms with Gasteiger partial charge in [-0.25, -0.2) is 4.39 Å². The van der Waals surface area contributed by atoms with Crippen molar-refractivity contribution in [1.29, 1.82) is 0 Å². The number of alkyl halides is 2. The zero-order valence-electron chi connectivity index (χ0n) is 18.1. The Kier molecular flexibility index (Phi) is 7.99. The number of amides is 1. The van der Waals surface area contributed by atoms with Crippen LogP contribution in [0.4, 0.5) is 10.1 Å². The van der Waals surface area contributed by atoms with Crippen LogP contribution in [-0.4, -0.2) is 16.0 Å². The van der Waals surface area contributed by atoms with Gasteiger partial charge in [0.15, 0.2) is 5.78 Å². The molecule has 1 aliphatic carbocycles. The Morgan fingerprint density at radius 2 is 1.57 bits per heavy atom. The Labute approximate surface area is 227 Å². The summed E-state index contributed by atoms with van der Waals surface area (Å²) in [5.41, 5.74) is 2.32. The molecular weight excluding hydrogens is 555 g/mol. The van der Waals surface area contributed by atoms with Crippen molar-refractivity contribution in [2.75, 3.05) is 5.32 Å². The molecular formula is C26H19Cl5FNO2. The molecule has 1 amide bonds. The highest BCUT2D eigenvalue weighted by atomic mass is 35.5. The number of rotatable bonds is 8. The van der Waals surface area contributed by atoms with Crippen molar-refractivity contribution >= 4 is 75.4 Å². The normalized spacial score (nSPS) is 18.2. The third-order valence-corrected chi connectivity index (χ3v) is 7.60. The van der Waals surface area contributed by atoms with E-state index in [1.54, 1.807) is 42.5 Å². The minimum atomic E-state index is -1.32. The van der Waals surface area contributed by atoms with E-state index in [4.69, 9.17) is 58.0 Å². The maximum Gasteiger partial charge on any atom is 0.231 e. The minimum absolute atomic E-state index is 0.157. The van der Waals surface area contributed by atoms with Gasteiger partial charge in [-0.05, 0) is 72.5 Å². The van der Waals surface area contributed by atoms with E-state index in [0.29, 0.717) is 39.7 Å². The standard InChI is InChI=1S/C26H19Cl5FNO2/c27-16-10-15(11-17(28)12-16)23-24(26(23,30)31)25(35)33-19-8-9-21(29)20(13-19)22(34)3-1-2-14-4-6-18(32)7-5-14/h4-13,23-24H,1-3H2,(H,33,35). The van der Waals surface area contributed by atoms with E-state index in [9.17, 15) is 14.0 Å². The zero-order valence-corrected chi connectivity index (χ0v) is 21.9. The molecule has 9 heteroatoms. The van der Waals surface area contributed by atoms with E-state index in [1.165, 1.54) is 18.2 Å². The second-order valence-electron chi connectivity index (χ2n) is 8.42. The maximum absolute atomic E-state index is 13.0. The minimum Gasteiger partial charge on any atom is -0.326 e. The number of carbonyl (C=O) groups is 2. The predicted molar refractivity (Wildman–Crippen MR) is 141 cm³/mol. The molecule has 3 aromatic carbocycles. The molecule has 0 aliphatic heterocycles. The van der Waals surface area contributed by atoms with Crippen molar-refractivity contribution in [1.82, 2.24) is 0 Å². The van der Waals surface area contributed by atoms with Crippen molar-refractivity contribution in [3.8, 4) is 0 Å². The summed E-state index contributed by atoms with van der Waals surface area (Å²) in [6.45, 7) is 0. The molecule has 3 aromatic rings. The zero-order chi connectivity index (χ0) is 25.3. The van der Waals surface area contributed by atoms with Crippen LogP contribution in [0.2, 0.25) is 15.1 Å². The summed E-state index contributed by atoms with van der Waals surface area (Å²) >= 11 is 31.3. The number of ketones is 1. The van der Waals surface area contributed by atoms with E-state index < -0.39 is 22.1 Å². The highest BCUT2D eigenvalue weighted by Gasteiger charge is 2.67. The van der Waals surface area contributed by atoms with Crippen LogP contribution < -0.4 is 5.32 Å². The first-order chi connectivity index (χ1) is 16.6. The molecule has 182 valence electrons. The second-order valence-corrected chi connectivity index (χ2v) is 11.1. The van der Waals surface area contributed by atoms with E-state index >= 15 is 0 Å². The number of carbonyl (C=O) groups excluding carboxylic acids is 2. The summed E-state index contributed by atoms with van der Waals surface area (Å²) in [6.07, 6.45) is 1.45. The number of nitrogens with one attached hydrogen (secondary N) is 1. The number of hydrogen-bond acceptors (Lipinski definition) is 2. The first-order valence-corrected chi connectivity index (χ1v) is 12.7. The topological polar surface area (TPSA) is 46.2 Å². The van der Waals surface area contributed by atoms with E-state index in [2.05, 4.69) is 5.32 Å². The average molecular weight is 574 g/mol. The van der Waals surface area contributed by atoms with Crippen molar-refractivity contribution in [3.05, 3.63) is 98.2 Å². The molecule has 0 radical (unpaired) electrons. The average Bonchev–Trinajstić information content (AvgIpc) is 3.37. The fraction of sp³-hybridized carbons (Fsp3) is 0.231. The van der Waals surface area contributed by atoms with Crippen LogP contribution >= 0.6 is 58.0 Å². The molecule has 2 unspecified atom stereocenters. The molecule has 2 atom stereocenters. The fourth-order valence-corrected chi connectivity index (χ4v) is 5.69. The Hall–Kier alpha value is -1.82. The molecule has 35 heavy (non-hydrogen) atoms. The first kappa shape index (κ1) is 26.2. The summed E-state index contributed by atoms with van der Waals surface area (Å²) in [5.74, 6) is -2.07. The van der Waals surface area contributed by atoms with Gasteiger partial charge in [-0.15, -0.1) is 23.2 Å². The molecule has 1 aliphatic rings. The van der Waals surface area contributed by atoms with Crippen LogP contribution in [0.15, 0.2) is 60.7 Å². The van der Waals surface area contributed by atoms with Gasteiger partial charge in [-0.2, -0.15) is 0 Å². The molecule has 0 bridgehead atoms. The molecule has 0 spiro atoms. The highest BCUT2D eigenvalue weighted by Crippen LogP contribution is 2.65. The molecule has 0 saturated heterocycles. The van der Waals surface area contributed by atoms with Crippen LogP contribution in [0, 0.1) is 11.7 Å². The summed E-state index contributed by atoms with van der Waals surface area (Å²) in [7, 11) is 0. The number of benzene rings is 3. The lowest BCUT2D eigenvalue weighted by molar-refractivity contribution is -0.117. The number of halogens is 6. The lowest BCUT2D eigenvalue weighted by atomic mass is 10.0. The van der Waals surface area contributed by atoms with Gasteiger partial charge in [0.25, 0.3) is 0 Å². The van der Waals surface area contributed by atoms with Gasteiger partial charge in [0.2, 0.25) is 5.91 Å². The van der Waals surface area contributed by atoms with Crippen LogP contribution in [-0.2, 0) is 11.2 Å². The van der Waals surface area contributed by atoms with Gasteiger partial charge < -0.3 is 5.32 Å². The monoisotopic (exact) mass is 571 g/mol. The van der Waals surface area contributed by atoms with Crippen LogP contribution in [0.1, 0.15) is 40.2 Å². The second kappa shape index (κ2) is 10.7. The van der Waals surface area contributed by atoms with E-state index in [1.807, 2.05) is 0 Å². The van der Waals surface area contributed by atoms with E-state index in [-0.39, 0.29) is 23.0 Å². The number of aryl methyl sites for hydroxylation is 1. The maximum atomic E-state index is 13.0. The number of hydrogen-bond donors (Lipinski definition) is 1. The van der Waals surface area contributed by atoms with Crippen molar-refractivity contribution in [2.24, 2.45) is 5.92 Å². The van der Waals surface area contributed by atoms with Crippen LogP contribution in [0.25, 0.3) is 0 Å². The summed E-state index contributed by atoms with van der Waals surface area (Å²) in [4.78, 5) is 25.7. The largest absolute Gasteiger partial charge is 0.326 e. The molecule has 1 saturated carbocycles. The van der Waals surface area contributed by atoms with Gasteiger partial charge in [-0.3, -0.25) is 9.59 Å². The summed E-state index contributed by atoms with van der Waals surface area (Å²) < 4.78 is 11.7. The lowest BCUT2D eigenvalue weighted by Crippen LogP contribution is -2.17. The predicted octanol–water partition coefficient (Wildman–Crippen LogP) is 8.52. The van der Waals surface area contributed by atoms with Gasteiger partial charge in [0.05, 0.1) is 10.9 Å². The van der Waals surface area contributed by atoms with Gasteiger partial charge in [-0.1, -0.05) is 46.9 Å². The third-order valence-electron chi connectivity index (χ3n) is 5.90. The van der Waals surface area contributed by atoms with Crippen LogP contribution in [0.3, 0.4) is 0 Å². The van der Waals surface area contributed by atoms with Crippen molar-refractivity contribution in [2.45, 2.75) is 29.5 Å². The third kappa shape index (κ3) is 6.12. The SMILES string of the molecule is O=C(CCCc1ccc(F)cc1)c1cc(NC(=O)C2C(c3cc(Cl)cc(Cl)c3)C2(Cl)Cl)ccc1Cl. The van der Waals surface area contributed by atoms with Crippen LogP contribution in [0.5, 0.6) is 0 Å². The lowest BCUT2D eigenvalue weighted by Gasteiger charge is -2.09. The Balaban J connectivity index is 1.41. The summed E-state index contributed by atoms with van der Waals surface area (Å²) in [5, 5.41) is 3.91. The number of Topliss-reactive ketones (excluding diaryl/α,β-unsaturated/α-hetero) is 1. The quantitative estimate of drug-likeness (QED) is 0.217. The smallest absolute Gasteiger partial charge is 0.231 e. The molecule has 1 N–H and O–H groups in total. The van der Waals surface area contributed by atoms with Gasteiger partial charge >= 0.3 is 0 Å². The number of anilines is 1. The molecule has 0 aromatic heterocycles. The molecule has 0 heterocycles. The molecule has 1 fully saturated rings. The molecule has 3 nitrogen and oxygen atoms in total. The Morgan fingerprint density at radius 1 is 0.914 bits per heavy atom.